The van der Waals surface area contributed by atoms with Crippen molar-refractivity contribution in [2.75, 3.05) is 5.32 Å². The summed E-state index contributed by atoms with van der Waals surface area (Å²) in [6.45, 7) is 0. The summed E-state index contributed by atoms with van der Waals surface area (Å²) in [5.74, 6) is 0.761. The van der Waals surface area contributed by atoms with Gasteiger partial charge in [0.05, 0.1) is 0 Å². The molecular weight excluding hydrogens is 352 g/mol. The van der Waals surface area contributed by atoms with Crippen LogP contribution in [0.4, 0.5) is 5.95 Å². The number of H-pyrrole nitrogens is 1. The first-order chi connectivity index (χ1) is 12.6. The Bertz CT molecular complexity index is 1040. The second kappa shape index (κ2) is 6.88. The molecule has 2 heterocycles. The third-order valence-corrected chi connectivity index (χ3v) is 4.96. The molecule has 6 nitrogen and oxygen atoms in total. The summed E-state index contributed by atoms with van der Waals surface area (Å²) in [4.78, 5) is 35.4. The fourth-order valence-electron chi connectivity index (χ4n) is 3.21. The van der Waals surface area contributed by atoms with E-state index in [0.29, 0.717) is 46.4 Å². The van der Waals surface area contributed by atoms with Crippen LogP contribution < -0.4 is 10.9 Å². The number of pyridine rings is 1. The third-order valence-electron chi connectivity index (χ3n) is 4.63. The summed E-state index contributed by atoms with van der Waals surface area (Å²) in [6, 6.07) is 9.14. The molecule has 0 aliphatic heterocycles. The summed E-state index contributed by atoms with van der Waals surface area (Å²) >= 11 is 6.21. The van der Waals surface area contributed by atoms with Crippen LogP contribution in [-0.4, -0.2) is 26.8 Å². The quantitative estimate of drug-likeness (QED) is 0.738. The lowest BCUT2D eigenvalue weighted by atomic mass is 9.94. The summed E-state index contributed by atoms with van der Waals surface area (Å²) in [6.07, 6.45) is 4.41. The lowest BCUT2D eigenvalue weighted by Crippen LogP contribution is -2.27. The zero-order valence-electron chi connectivity index (χ0n) is 14.0. The lowest BCUT2D eigenvalue weighted by molar-refractivity contribution is -0.120. The van der Waals surface area contributed by atoms with Gasteiger partial charge in [0.1, 0.15) is 11.4 Å². The predicted molar refractivity (Wildman–Crippen MR) is 101 cm³/mol. The van der Waals surface area contributed by atoms with Crippen molar-refractivity contribution >= 4 is 34.4 Å². The zero-order valence-corrected chi connectivity index (χ0v) is 14.7. The van der Waals surface area contributed by atoms with Gasteiger partial charge >= 0.3 is 0 Å². The first kappa shape index (κ1) is 16.7. The highest BCUT2D eigenvalue weighted by Crippen LogP contribution is 2.26. The van der Waals surface area contributed by atoms with E-state index in [1.807, 2.05) is 12.1 Å². The number of carbonyl (C=O) groups is 1. The Balaban J connectivity index is 1.65. The molecule has 0 unspecified atom stereocenters. The molecule has 26 heavy (non-hydrogen) atoms. The number of nitrogens with zero attached hydrogens (tertiary/aromatic N) is 2. The number of benzene rings is 1. The van der Waals surface area contributed by atoms with Crippen LogP contribution in [0.25, 0.3) is 22.2 Å². The Morgan fingerprint density at radius 3 is 2.65 bits per heavy atom. The van der Waals surface area contributed by atoms with E-state index in [9.17, 15) is 9.59 Å². The van der Waals surface area contributed by atoms with Crippen LogP contribution in [0.1, 0.15) is 25.7 Å². The minimum absolute atomic E-state index is 0.180. The van der Waals surface area contributed by atoms with Gasteiger partial charge < -0.3 is 10.3 Å². The van der Waals surface area contributed by atoms with Gasteiger partial charge in [-0.3, -0.25) is 9.59 Å². The van der Waals surface area contributed by atoms with Gasteiger partial charge in [-0.1, -0.05) is 29.8 Å². The van der Waals surface area contributed by atoms with Gasteiger partial charge in [0.25, 0.3) is 5.56 Å². The third kappa shape index (κ3) is 3.32. The minimum Gasteiger partial charge on any atom is -0.351 e. The fraction of sp³-hybridized carbons (Fsp3) is 0.263. The number of fused-ring (bicyclic) bond motifs is 1. The van der Waals surface area contributed by atoms with Gasteiger partial charge in [-0.15, -0.1) is 0 Å². The molecule has 0 atom stereocenters. The predicted octanol–water partition coefficient (Wildman–Crippen LogP) is 3.56. The second-order valence-corrected chi connectivity index (χ2v) is 6.85. The van der Waals surface area contributed by atoms with Crippen molar-refractivity contribution in [1.29, 1.82) is 0 Å². The monoisotopic (exact) mass is 368 g/mol. The van der Waals surface area contributed by atoms with E-state index in [2.05, 4.69) is 20.3 Å². The van der Waals surface area contributed by atoms with Gasteiger partial charge in [-0.05, 0) is 25.0 Å². The standard InChI is InChI=1S/C19H17ClN4O2/c20-16-4-2-1-3-14(16)15-9-11-10-21-19(24-17(11)23-18(15)26)22-12-5-7-13(25)8-6-12/h1-4,9-10,12H,5-8H2,(H2,21,22,23,24,26). The Hall–Kier alpha value is -2.73. The number of ketones is 1. The molecule has 0 saturated heterocycles. The topological polar surface area (TPSA) is 87.7 Å². The Kier molecular flexibility index (Phi) is 4.42. The van der Waals surface area contributed by atoms with Crippen molar-refractivity contribution in [2.24, 2.45) is 0 Å². The highest BCUT2D eigenvalue weighted by Gasteiger charge is 2.19. The fourth-order valence-corrected chi connectivity index (χ4v) is 3.45. The second-order valence-electron chi connectivity index (χ2n) is 6.45. The number of aromatic amines is 1. The number of rotatable bonds is 3. The van der Waals surface area contributed by atoms with Crippen LogP contribution in [0.5, 0.6) is 0 Å². The molecular formula is C19H17ClN4O2. The van der Waals surface area contributed by atoms with Crippen molar-refractivity contribution in [2.45, 2.75) is 31.7 Å². The summed E-state index contributed by atoms with van der Waals surface area (Å²) in [5.41, 5.74) is 1.37. The van der Waals surface area contributed by atoms with Gasteiger partial charge in [0, 0.05) is 46.6 Å². The SMILES string of the molecule is O=C1CCC(Nc2ncc3cc(-c4ccccc4Cl)c(=O)[nH]c3n2)CC1. The van der Waals surface area contributed by atoms with Crippen LogP contribution in [0.15, 0.2) is 41.3 Å². The Morgan fingerprint density at radius 2 is 1.88 bits per heavy atom. The Labute approximate surface area is 154 Å². The molecule has 4 rings (SSSR count). The van der Waals surface area contributed by atoms with Crippen LogP contribution in [0.3, 0.4) is 0 Å². The molecule has 0 radical (unpaired) electrons. The molecule has 0 amide bonds. The maximum atomic E-state index is 12.5. The Morgan fingerprint density at radius 1 is 1.12 bits per heavy atom. The van der Waals surface area contributed by atoms with Crippen molar-refractivity contribution in [3.8, 4) is 11.1 Å². The minimum atomic E-state index is -0.251. The maximum absolute atomic E-state index is 12.5. The van der Waals surface area contributed by atoms with Gasteiger partial charge in [0.15, 0.2) is 0 Å². The van der Waals surface area contributed by atoms with Crippen molar-refractivity contribution in [3.63, 3.8) is 0 Å². The van der Waals surface area contributed by atoms with Crippen LogP contribution in [0.2, 0.25) is 5.02 Å². The summed E-state index contributed by atoms with van der Waals surface area (Å²) in [7, 11) is 0. The first-order valence-corrected chi connectivity index (χ1v) is 8.91. The molecule has 0 spiro atoms. The van der Waals surface area contributed by atoms with E-state index < -0.39 is 0 Å². The molecule has 1 saturated carbocycles. The molecule has 2 aromatic heterocycles. The molecule has 1 fully saturated rings. The average molecular weight is 369 g/mol. The van der Waals surface area contributed by atoms with E-state index in [-0.39, 0.29) is 11.6 Å². The molecule has 1 aliphatic carbocycles. The van der Waals surface area contributed by atoms with E-state index in [1.54, 1.807) is 24.4 Å². The number of halogens is 1. The number of Topliss-reactive ketones (excluding diaryl/α,β-unsaturated/α-hetero) is 1. The number of anilines is 1. The lowest BCUT2D eigenvalue weighted by Gasteiger charge is -2.22. The van der Waals surface area contributed by atoms with E-state index >= 15 is 0 Å². The van der Waals surface area contributed by atoms with E-state index in [0.717, 1.165) is 18.2 Å². The first-order valence-electron chi connectivity index (χ1n) is 8.53. The highest BCUT2D eigenvalue weighted by atomic mass is 35.5. The number of carbonyl (C=O) groups excluding carboxylic acids is 1. The van der Waals surface area contributed by atoms with Crippen LogP contribution in [-0.2, 0) is 4.79 Å². The highest BCUT2D eigenvalue weighted by molar-refractivity contribution is 6.33. The smallest absolute Gasteiger partial charge is 0.257 e. The molecule has 132 valence electrons. The maximum Gasteiger partial charge on any atom is 0.257 e. The normalized spacial score (nSPS) is 15.3. The molecule has 3 aromatic rings. The molecule has 1 aromatic carbocycles. The summed E-state index contributed by atoms with van der Waals surface area (Å²) in [5, 5.41) is 4.49. The number of hydrogen-bond acceptors (Lipinski definition) is 5. The number of hydrogen-bond donors (Lipinski definition) is 2. The van der Waals surface area contributed by atoms with E-state index in [4.69, 9.17) is 11.6 Å². The largest absolute Gasteiger partial charge is 0.351 e. The number of aromatic nitrogens is 3. The van der Waals surface area contributed by atoms with Gasteiger partial charge in [-0.2, -0.15) is 4.98 Å². The molecule has 7 heteroatoms. The molecule has 0 bridgehead atoms. The van der Waals surface area contributed by atoms with E-state index in [1.165, 1.54) is 0 Å². The average Bonchev–Trinajstić information content (AvgIpc) is 2.64. The number of nitrogens with one attached hydrogen (secondary N) is 2. The van der Waals surface area contributed by atoms with Crippen LogP contribution in [0, 0.1) is 0 Å². The molecule has 1 aliphatic rings. The van der Waals surface area contributed by atoms with Crippen molar-refractivity contribution in [1.82, 2.24) is 15.0 Å². The summed E-state index contributed by atoms with van der Waals surface area (Å²) < 4.78 is 0. The van der Waals surface area contributed by atoms with Crippen molar-refractivity contribution < 1.29 is 4.79 Å². The van der Waals surface area contributed by atoms with Crippen LogP contribution >= 0.6 is 11.6 Å². The van der Waals surface area contributed by atoms with Gasteiger partial charge in [0.2, 0.25) is 5.95 Å². The molecule has 2 N–H and O–H groups in total. The van der Waals surface area contributed by atoms with Gasteiger partial charge in [-0.25, -0.2) is 4.98 Å². The zero-order chi connectivity index (χ0) is 18.1. The van der Waals surface area contributed by atoms with Crippen molar-refractivity contribution in [3.05, 3.63) is 51.9 Å².